The number of nitrogens with one attached hydrogen (secondary N) is 4. The molecule has 0 unspecified atom stereocenters. The summed E-state index contributed by atoms with van der Waals surface area (Å²) >= 11 is 0. The monoisotopic (exact) mass is 1030 g/mol. The zero-order valence-electron chi connectivity index (χ0n) is 40.7. The van der Waals surface area contributed by atoms with Crippen molar-refractivity contribution in [3.63, 3.8) is 0 Å². The molecule has 74 heavy (non-hydrogen) atoms. The molecule has 4 aromatic heterocycles. The van der Waals surface area contributed by atoms with Crippen molar-refractivity contribution >= 4 is 46.7 Å². The van der Waals surface area contributed by atoms with Gasteiger partial charge in [0.05, 0.1) is 50.0 Å². The van der Waals surface area contributed by atoms with Gasteiger partial charge in [-0.25, -0.2) is 9.97 Å². The van der Waals surface area contributed by atoms with E-state index in [4.69, 9.17) is 29.4 Å². The Labute approximate surface area is 422 Å². The lowest BCUT2D eigenvalue weighted by Gasteiger charge is -2.27. The van der Waals surface area contributed by atoms with Crippen LogP contribution in [0.25, 0.3) is 22.5 Å². The van der Waals surface area contributed by atoms with E-state index in [1.165, 1.54) is 12.1 Å². The third-order valence-electron chi connectivity index (χ3n) is 12.1. The molecule has 0 radical (unpaired) electrons. The van der Waals surface area contributed by atoms with Gasteiger partial charge in [-0.05, 0) is 86.3 Å². The minimum atomic E-state index is -4.73. The number of aliphatic hydroxyl groups excluding tert-OH is 2. The predicted molar refractivity (Wildman–Crippen MR) is 268 cm³/mol. The van der Waals surface area contributed by atoms with Crippen LogP contribution in [0.3, 0.4) is 0 Å². The Morgan fingerprint density at radius 2 is 1.16 bits per heavy atom. The van der Waals surface area contributed by atoms with E-state index < -0.39 is 47.5 Å². The zero-order chi connectivity index (χ0) is 52.6. The number of rotatable bonds is 18. The van der Waals surface area contributed by atoms with Crippen molar-refractivity contribution in [3.8, 4) is 22.5 Å². The van der Waals surface area contributed by atoms with Crippen LogP contribution < -0.4 is 31.1 Å². The number of alkyl halides is 5. The molecule has 18 nitrogen and oxygen atoms in total. The molecule has 2 atom stereocenters. The molecule has 2 amide bonds. The van der Waals surface area contributed by atoms with Crippen LogP contribution in [0.4, 0.5) is 56.9 Å². The molecule has 2 aromatic carbocycles. The number of halogens is 5. The van der Waals surface area contributed by atoms with Crippen molar-refractivity contribution in [2.45, 2.75) is 57.9 Å². The number of aromatic nitrogens is 6. The van der Waals surface area contributed by atoms with Gasteiger partial charge < -0.3 is 50.8 Å². The summed E-state index contributed by atoms with van der Waals surface area (Å²) in [5, 5.41) is 33.6. The number of pyridine rings is 2. The number of anilines is 6. The third-order valence-corrected chi connectivity index (χ3v) is 12.1. The van der Waals surface area contributed by atoms with Gasteiger partial charge in [-0.2, -0.15) is 31.9 Å². The molecule has 0 saturated carbocycles. The topological polar surface area (TPSA) is 225 Å². The molecule has 0 aliphatic carbocycles. The van der Waals surface area contributed by atoms with E-state index in [1.807, 2.05) is 16.7 Å². The van der Waals surface area contributed by atoms with Crippen molar-refractivity contribution < 1.29 is 51.2 Å². The van der Waals surface area contributed by atoms with Crippen molar-refractivity contribution in [2.75, 3.05) is 96.8 Å². The van der Waals surface area contributed by atoms with E-state index >= 15 is 0 Å². The minimum Gasteiger partial charge on any atom is -0.392 e. The van der Waals surface area contributed by atoms with Crippen LogP contribution in [-0.2, 0) is 28.0 Å². The summed E-state index contributed by atoms with van der Waals surface area (Å²) in [7, 11) is 0. The number of ether oxygens (including phenoxy) is 2. The van der Waals surface area contributed by atoms with Gasteiger partial charge in [-0.1, -0.05) is 12.1 Å². The lowest BCUT2D eigenvalue weighted by atomic mass is 9.97. The van der Waals surface area contributed by atoms with Gasteiger partial charge in [-0.3, -0.25) is 19.6 Å². The number of amides is 2. The molecule has 0 bridgehead atoms. The number of aliphatic hydroxyl groups is 2. The Hall–Kier alpha value is -7.47. The van der Waals surface area contributed by atoms with Crippen LogP contribution >= 0.6 is 0 Å². The number of hydrogen-bond donors (Lipinski definition) is 6. The molecule has 0 spiro atoms. The fourth-order valence-electron chi connectivity index (χ4n) is 8.07. The normalized spacial score (nSPS) is 15.1. The molecule has 2 fully saturated rings. The first-order chi connectivity index (χ1) is 35.4. The van der Waals surface area contributed by atoms with Gasteiger partial charge in [0.25, 0.3) is 17.7 Å². The molecule has 6 aromatic rings. The van der Waals surface area contributed by atoms with E-state index in [0.29, 0.717) is 129 Å². The average molecular weight is 1030 g/mol. The number of morpholine rings is 2. The lowest BCUT2D eigenvalue weighted by molar-refractivity contribution is -0.141. The molecule has 390 valence electrons. The summed E-state index contributed by atoms with van der Waals surface area (Å²) in [5.41, 5.74) is 2.35. The van der Waals surface area contributed by atoms with E-state index in [1.54, 1.807) is 55.5 Å². The second-order valence-corrected chi connectivity index (χ2v) is 17.9. The summed E-state index contributed by atoms with van der Waals surface area (Å²) in [4.78, 5) is 57.0. The van der Waals surface area contributed by atoms with Gasteiger partial charge in [0, 0.05) is 104 Å². The van der Waals surface area contributed by atoms with Gasteiger partial charge in [0.15, 0.2) is 0 Å². The SMILES string of the molecule is Cc1ccc(NC(=O)c2ccnc(C(F)(F)F)c2)cc1-c1cc(NC[C@H](O)CCc2ccc(NC(=O)c3ccnc(C(C)(F)F)c3)cc2-c2cc(NC[C@@H](C)O)nc(N3CCOCC3)n2)nc(N2CCOCC2)n1. The lowest BCUT2D eigenvalue weighted by Crippen LogP contribution is -2.37. The summed E-state index contributed by atoms with van der Waals surface area (Å²) in [5.74, 6) is -3.04. The predicted octanol–water partition coefficient (Wildman–Crippen LogP) is 7.21. The van der Waals surface area contributed by atoms with E-state index in [2.05, 4.69) is 31.2 Å². The highest BCUT2D eigenvalue weighted by atomic mass is 19.4. The number of carbonyl (C=O) groups is 2. The van der Waals surface area contributed by atoms with Crippen LogP contribution in [0, 0.1) is 6.92 Å². The number of hydrogen-bond acceptors (Lipinski definition) is 16. The maximum Gasteiger partial charge on any atom is 0.433 e. The molecule has 6 N–H and O–H groups in total. The van der Waals surface area contributed by atoms with Crippen LogP contribution in [0.15, 0.2) is 85.2 Å². The molecule has 8 rings (SSSR count). The second kappa shape index (κ2) is 23.2. The Morgan fingerprint density at radius 3 is 1.70 bits per heavy atom. The fraction of sp³-hybridized carbons (Fsp3) is 0.373. The van der Waals surface area contributed by atoms with Crippen LogP contribution in [0.1, 0.15) is 63.5 Å². The molecular formula is C51H55F5N12O6. The molecule has 23 heteroatoms. The Kier molecular flexibility index (Phi) is 16.5. The van der Waals surface area contributed by atoms with E-state index in [0.717, 1.165) is 29.6 Å². The smallest absolute Gasteiger partial charge is 0.392 e. The van der Waals surface area contributed by atoms with E-state index in [-0.39, 0.29) is 30.6 Å². The van der Waals surface area contributed by atoms with E-state index in [9.17, 15) is 41.8 Å². The molecule has 6 heterocycles. The van der Waals surface area contributed by atoms with Crippen molar-refractivity contribution in [3.05, 3.63) is 119 Å². The summed E-state index contributed by atoms with van der Waals surface area (Å²) in [6, 6.07) is 18.0. The number of aryl methyl sites for hydroxylation is 2. The maximum atomic E-state index is 14.2. The highest BCUT2D eigenvalue weighted by Gasteiger charge is 2.33. The maximum absolute atomic E-state index is 14.2. The first-order valence-corrected chi connectivity index (χ1v) is 23.9. The standard InChI is InChI=1S/C51H55F5N12O6/c1-30-4-7-35(61-47(72)34-11-13-58-43(23-34)51(54,55)56)24-38(30)40-26-45(66-48(63-40)67-14-18-73-19-15-67)60-29-37(70)9-6-32-5-8-36(62-46(71)33-10-12-57-42(22-33)50(3,52)53)25-39(32)41-27-44(59-28-31(2)69)65-49(64-41)68-16-20-74-21-17-68/h4-5,7-8,10-13,22-27,31,37,69-70H,6,9,14-21,28-29H2,1-3H3,(H,61,72)(H,62,71)(H,59,64,65)(H,60,63,66)/t31-,37-/m1/s1. The van der Waals surface area contributed by atoms with Gasteiger partial charge in [0.2, 0.25) is 11.9 Å². The third kappa shape index (κ3) is 13.8. The second-order valence-electron chi connectivity index (χ2n) is 17.9. The summed E-state index contributed by atoms with van der Waals surface area (Å²) in [6.45, 7) is 8.36. The number of carbonyl (C=O) groups excluding carboxylic acids is 2. The summed E-state index contributed by atoms with van der Waals surface area (Å²) < 4.78 is 79.6. The zero-order valence-corrected chi connectivity index (χ0v) is 40.7. The number of nitrogens with zero attached hydrogens (tertiary/aromatic N) is 8. The number of benzene rings is 2. The highest BCUT2D eigenvalue weighted by molar-refractivity contribution is 6.05. The average Bonchev–Trinajstić information content (AvgIpc) is 3.39. The fourth-order valence-corrected chi connectivity index (χ4v) is 8.07. The molecule has 2 aliphatic heterocycles. The van der Waals surface area contributed by atoms with Crippen molar-refractivity contribution in [2.24, 2.45) is 0 Å². The van der Waals surface area contributed by atoms with Crippen molar-refractivity contribution in [1.29, 1.82) is 0 Å². The van der Waals surface area contributed by atoms with Crippen LogP contribution in [-0.4, -0.2) is 130 Å². The van der Waals surface area contributed by atoms with Crippen LogP contribution in [0.5, 0.6) is 0 Å². The minimum absolute atomic E-state index is 0.0189. The largest absolute Gasteiger partial charge is 0.433 e. The van der Waals surface area contributed by atoms with Crippen molar-refractivity contribution in [1.82, 2.24) is 29.9 Å². The van der Waals surface area contributed by atoms with Gasteiger partial charge in [0.1, 0.15) is 23.0 Å². The van der Waals surface area contributed by atoms with Crippen LogP contribution in [0.2, 0.25) is 0 Å². The molecular weight excluding hydrogens is 972 g/mol. The quantitative estimate of drug-likeness (QED) is 0.0468. The Bertz CT molecular complexity index is 2950. The highest BCUT2D eigenvalue weighted by Crippen LogP contribution is 2.34. The Balaban J connectivity index is 1.05. The molecule has 2 saturated heterocycles. The first kappa shape index (κ1) is 52.8. The summed E-state index contributed by atoms with van der Waals surface area (Å²) in [6.07, 6.45) is -3.72. The first-order valence-electron chi connectivity index (χ1n) is 23.9. The van der Waals surface area contributed by atoms with Gasteiger partial charge >= 0.3 is 6.18 Å². The molecule has 2 aliphatic rings. The Morgan fingerprint density at radius 1 is 0.662 bits per heavy atom. The van der Waals surface area contributed by atoms with Gasteiger partial charge in [-0.15, -0.1) is 0 Å².